The third kappa shape index (κ3) is 3.14. The molecule has 130 valence electrons. The highest BCUT2D eigenvalue weighted by molar-refractivity contribution is 6.06. The van der Waals surface area contributed by atoms with Gasteiger partial charge in [0.25, 0.3) is 5.91 Å². The number of halogens is 1. The van der Waals surface area contributed by atoms with Crippen molar-refractivity contribution < 1.29 is 19.1 Å². The molecule has 3 amide bonds. The number of urea groups is 1. The smallest absolute Gasteiger partial charge is 0.325 e. The first-order chi connectivity index (χ1) is 11.3. The van der Waals surface area contributed by atoms with Gasteiger partial charge >= 0.3 is 6.03 Å². The van der Waals surface area contributed by atoms with Crippen LogP contribution in [-0.2, 0) is 4.79 Å². The number of nitrogens with zero attached hydrogens (tertiary/aromatic N) is 2. The largest absolute Gasteiger partial charge is 0.392 e. The molecule has 2 aliphatic rings. The molecule has 2 saturated heterocycles. The van der Waals surface area contributed by atoms with Crippen LogP contribution in [0.2, 0.25) is 0 Å². The van der Waals surface area contributed by atoms with E-state index in [0.717, 1.165) is 5.56 Å². The highest BCUT2D eigenvalue weighted by Gasteiger charge is 2.44. The first kappa shape index (κ1) is 16.9. The number of rotatable bonds is 4. The van der Waals surface area contributed by atoms with E-state index in [-0.39, 0.29) is 24.3 Å². The minimum atomic E-state index is -0.885. The molecule has 24 heavy (non-hydrogen) atoms. The monoisotopic (exact) mass is 335 g/mol. The van der Waals surface area contributed by atoms with Gasteiger partial charge in [0, 0.05) is 25.7 Å². The molecule has 1 aromatic rings. The van der Waals surface area contributed by atoms with Crippen LogP contribution in [0.3, 0.4) is 0 Å². The van der Waals surface area contributed by atoms with Crippen LogP contribution in [0, 0.1) is 5.82 Å². The second-order valence-corrected chi connectivity index (χ2v) is 6.97. The van der Waals surface area contributed by atoms with Crippen molar-refractivity contribution in [3.63, 3.8) is 0 Å². The van der Waals surface area contributed by atoms with Crippen molar-refractivity contribution in [1.29, 1.82) is 0 Å². The van der Waals surface area contributed by atoms with Crippen molar-refractivity contribution in [3.8, 4) is 0 Å². The van der Waals surface area contributed by atoms with Gasteiger partial charge in [0.2, 0.25) is 0 Å². The molecule has 0 bridgehead atoms. The quantitative estimate of drug-likeness (QED) is 0.813. The summed E-state index contributed by atoms with van der Waals surface area (Å²) in [5.41, 5.74) is -0.0899. The van der Waals surface area contributed by atoms with Crippen molar-refractivity contribution in [3.05, 3.63) is 35.6 Å². The lowest BCUT2D eigenvalue weighted by molar-refractivity contribution is -0.130. The third-order valence-electron chi connectivity index (χ3n) is 4.67. The van der Waals surface area contributed by atoms with Gasteiger partial charge in [0.1, 0.15) is 11.4 Å². The number of hydrogen-bond donors (Lipinski definition) is 2. The van der Waals surface area contributed by atoms with E-state index in [1.807, 2.05) is 11.0 Å². The van der Waals surface area contributed by atoms with Crippen molar-refractivity contribution >= 4 is 11.9 Å². The van der Waals surface area contributed by atoms with E-state index in [1.54, 1.807) is 19.9 Å². The van der Waals surface area contributed by atoms with E-state index < -0.39 is 17.7 Å². The molecule has 6 nitrogen and oxygen atoms in total. The summed E-state index contributed by atoms with van der Waals surface area (Å²) in [6.07, 6.45) is 0.00699. The van der Waals surface area contributed by atoms with E-state index in [0.29, 0.717) is 19.5 Å². The number of imide groups is 1. The number of aliphatic hydroxyl groups is 1. The lowest BCUT2D eigenvalue weighted by Gasteiger charge is -2.26. The molecule has 0 saturated carbocycles. The number of nitrogens with one attached hydrogen (secondary N) is 1. The van der Waals surface area contributed by atoms with Crippen molar-refractivity contribution in [2.24, 2.45) is 0 Å². The number of aliphatic hydroxyl groups excluding tert-OH is 1. The molecule has 2 fully saturated rings. The fourth-order valence-electron chi connectivity index (χ4n) is 3.44. The van der Waals surface area contributed by atoms with Crippen LogP contribution in [0.5, 0.6) is 0 Å². The van der Waals surface area contributed by atoms with Crippen molar-refractivity contribution in [2.75, 3.05) is 19.6 Å². The molecule has 2 atom stereocenters. The number of amides is 3. The first-order valence-electron chi connectivity index (χ1n) is 8.09. The normalized spacial score (nSPS) is 26.9. The summed E-state index contributed by atoms with van der Waals surface area (Å²) in [6.45, 7) is 4.46. The topological polar surface area (TPSA) is 72.9 Å². The predicted octanol–water partition coefficient (Wildman–Crippen LogP) is 1.26. The summed E-state index contributed by atoms with van der Waals surface area (Å²) in [5.74, 6) is -0.570. The average Bonchev–Trinajstić information content (AvgIpc) is 2.95. The first-order valence-corrected chi connectivity index (χ1v) is 8.09. The zero-order valence-corrected chi connectivity index (χ0v) is 13.8. The Kier molecular flexibility index (Phi) is 4.31. The Morgan fingerprint density at radius 3 is 2.71 bits per heavy atom. The van der Waals surface area contributed by atoms with Crippen LogP contribution in [0.4, 0.5) is 9.18 Å². The fraction of sp³-hybridized carbons (Fsp3) is 0.529. The summed E-state index contributed by atoms with van der Waals surface area (Å²) in [7, 11) is 0. The molecule has 0 aromatic heterocycles. The maximum atomic E-state index is 13.5. The molecule has 1 aromatic carbocycles. The highest BCUT2D eigenvalue weighted by Crippen LogP contribution is 2.32. The summed E-state index contributed by atoms with van der Waals surface area (Å²) in [5, 5.41) is 12.6. The van der Waals surface area contributed by atoms with E-state index in [9.17, 15) is 19.1 Å². The Bertz CT molecular complexity index is 664. The zero-order valence-electron chi connectivity index (χ0n) is 13.8. The van der Waals surface area contributed by atoms with Crippen molar-refractivity contribution in [2.45, 2.75) is 38.0 Å². The van der Waals surface area contributed by atoms with Gasteiger partial charge in [-0.15, -0.1) is 0 Å². The fourth-order valence-corrected chi connectivity index (χ4v) is 3.44. The van der Waals surface area contributed by atoms with Gasteiger partial charge in [-0.3, -0.25) is 14.6 Å². The molecule has 0 unspecified atom stereocenters. The SMILES string of the molecule is CC1(C)NC(=O)N(CCN2C[C@@H](O)C[C@H]2c2cccc(F)c2)C1=O. The van der Waals surface area contributed by atoms with Gasteiger partial charge < -0.3 is 10.4 Å². The molecule has 0 aliphatic carbocycles. The van der Waals surface area contributed by atoms with E-state index in [1.165, 1.54) is 17.0 Å². The number of likely N-dealkylation sites (tertiary alicyclic amines) is 1. The van der Waals surface area contributed by atoms with Crippen LogP contribution >= 0.6 is 0 Å². The van der Waals surface area contributed by atoms with Crippen molar-refractivity contribution in [1.82, 2.24) is 15.1 Å². The number of hydrogen-bond acceptors (Lipinski definition) is 4. The summed E-state index contributed by atoms with van der Waals surface area (Å²) >= 11 is 0. The second-order valence-electron chi connectivity index (χ2n) is 6.97. The van der Waals surface area contributed by atoms with Crippen LogP contribution in [-0.4, -0.2) is 58.1 Å². The van der Waals surface area contributed by atoms with E-state index in [4.69, 9.17) is 0 Å². The highest BCUT2D eigenvalue weighted by atomic mass is 19.1. The average molecular weight is 335 g/mol. The van der Waals surface area contributed by atoms with Crippen LogP contribution in [0.15, 0.2) is 24.3 Å². The maximum absolute atomic E-state index is 13.5. The van der Waals surface area contributed by atoms with Gasteiger partial charge in [-0.05, 0) is 38.0 Å². The minimum Gasteiger partial charge on any atom is -0.392 e. The zero-order chi connectivity index (χ0) is 17.5. The molecule has 2 N–H and O–H groups in total. The van der Waals surface area contributed by atoms with Crippen LogP contribution in [0.25, 0.3) is 0 Å². The third-order valence-corrected chi connectivity index (χ3v) is 4.67. The molecule has 0 radical (unpaired) electrons. The lowest BCUT2D eigenvalue weighted by atomic mass is 10.0. The predicted molar refractivity (Wildman–Crippen MR) is 85.7 cm³/mol. The molecule has 2 aliphatic heterocycles. The van der Waals surface area contributed by atoms with E-state index >= 15 is 0 Å². The van der Waals surface area contributed by atoms with Crippen LogP contribution in [0.1, 0.15) is 31.9 Å². The number of β-amino-alcohol motifs (C(OH)–C–C–N with tert-alkyl or cyclic N) is 1. The number of benzene rings is 1. The Hall–Kier alpha value is -1.99. The Balaban J connectivity index is 1.70. The molecule has 3 rings (SSSR count). The molecule has 0 spiro atoms. The van der Waals surface area contributed by atoms with Gasteiger partial charge in [0.05, 0.1) is 6.10 Å². The van der Waals surface area contributed by atoms with Gasteiger partial charge in [-0.1, -0.05) is 12.1 Å². The summed E-state index contributed by atoms with van der Waals surface area (Å²) < 4.78 is 13.5. The van der Waals surface area contributed by atoms with Gasteiger partial charge in [-0.2, -0.15) is 0 Å². The maximum Gasteiger partial charge on any atom is 0.325 e. The Morgan fingerprint density at radius 2 is 2.08 bits per heavy atom. The molecular weight excluding hydrogens is 313 g/mol. The van der Waals surface area contributed by atoms with E-state index in [2.05, 4.69) is 5.32 Å². The standard InChI is InChI=1S/C17H22FN3O3/c1-17(2)15(23)21(16(24)19-17)7-6-20-10-13(22)9-14(20)11-4-3-5-12(18)8-11/h3-5,8,13-14,22H,6-7,9-10H2,1-2H3,(H,19,24)/t13-,14-/m0/s1. The second kappa shape index (κ2) is 6.14. The van der Waals surface area contributed by atoms with Crippen LogP contribution < -0.4 is 5.32 Å². The lowest BCUT2D eigenvalue weighted by Crippen LogP contribution is -2.42. The molecular formula is C17H22FN3O3. The Labute approximate surface area is 140 Å². The Morgan fingerprint density at radius 1 is 1.33 bits per heavy atom. The van der Waals surface area contributed by atoms with Gasteiger partial charge in [-0.25, -0.2) is 9.18 Å². The molecule has 2 heterocycles. The minimum absolute atomic E-state index is 0.121. The van der Waals surface area contributed by atoms with Gasteiger partial charge in [0.15, 0.2) is 0 Å². The molecule has 7 heteroatoms. The number of carbonyl (C=O) groups excluding carboxylic acids is 2. The number of carbonyl (C=O) groups is 2. The summed E-state index contributed by atoms with van der Waals surface area (Å²) in [4.78, 5) is 27.4. The summed E-state index contributed by atoms with van der Waals surface area (Å²) in [6, 6.07) is 5.81.